The van der Waals surface area contributed by atoms with Crippen molar-refractivity contribution in [3.05, 3.63) is 11.6 Å². The van der Waals surface area contributed by atoms with Crippen molar-refractivity contribution >= 4 is 11.6 Å². The van der Waals surface area contributed by atoms with E-state index in [1.165, 1.54) is 19.5 Å². The molecule has 1 heterocycles. The van der Waals surface area contributed by atoms with Crippen molar-refractivity contribution in [1.82, 2.24) is 10.2 Å². The standard InChI is InChI=1S/C10H19ClN2/c1-8-7-13(3)5-4-10(8)12-6-9(2)11/h8,10,12H,2,4-7H2,1,3H3. The molecule has 1 aliphatic heterocycles. The molecule has 0 saturated carbocycles. The maximum atomic E-state index is 5.71. The van der Waals surface area contributed by atoms with Crippen LogP contribution in [-0.2, 0) is 0 Å². The monoisotopic (exact) mass is 202 g/mol. The minimum Gasteiger partial charge on any atom is -0.309 e. The first-order chi connectivity index (χ1) is 6.09. The maximum Gasteiger partial charge on any atom is 0.0310 e. The van der Waals surface area contributed by atoms with Gasteiger partial charge in [0.05, 0.1) is 0 Å². The fraction of sp³-hybridized carbons (Fsp3) is 0.800. The van der Waals surface area contributed by atoms with Crippen molar-refractivity contribution in [1.29, 1.82) is 0 Å². The van der Waals surface area contributed by atoms with Crippen LogP contribution in [0.15, 0.2) is 11.6 Å². The minimum atomic E-state index is 0.603. The van der Waals surface area contributed by atoms with Gasteiger partial charge in [-0.2, -0.15) is 0 Å². The zero-order valence-corrected chi connectivity index (χ0v) is 9.27. The van der Waals surface area contributed by atoms with E-state index in [-0.39, 0.29) is 0 Å². The number of hydrogen-bond acceptors (Lipinski definition) is 2. The van der Waals surface area contributed by atoms with E-state index in [1.54, 1.807) is 0 Å². The summed E-state index contributed by atoms with van der Waals surface area (Å²) in [6.45, 7) is 9.04. The lowest BCUT2D eigenvalue weighted by atomic mass is 9.94. The van der Waals surface area contributed by atoms with Crippen LogP contribution in [0.1, 0.15) is 13.3 Å². The molecule has 0 amide bonds. The van der Waals surface area contributed by atoms with E-state index < -0.39 is 0 Å². The number of halogens is 1. The summed E-state index contributed by atoms with van der Waals surface area (Å²) in [5, 5.41) is 4.13. The number of nitrogens with zero attached hydrogens (tertiary/aromatic N) is 1. The summed E-state index contributed by atoms with van der Waals surface area (Å²) in [4.78, 5) is 2.37. The van der Waals surface area contributed by atoms with Gasteiger partial charge in [0.25, 0.3) is 0 Å². The molecule has 0 radical (unpaired) electrons. The van der Waals surface area contributed by atoms with Crippen LogP contribution in [0.2, 0.25) is 0 Å². The Labute approximate surface area is 85.9 Å². The molecule has 3 heteroatoms. The van der Waals surface area contributed by atoms with E-state index in [4.69, 9.17) is 11.6 Å². The van der Waals surface area contributed by atoms with Crippen LogP contribution in [0.3, 0.4) is 0 Å². The topological polar surface area (TPSA) is 15.3 Å². The molecule has 2 nitrogen and oxygen atoms in total. The molecule has 0 aliphatic carbocycles. The van der Waals surface area contributed by atoms with E-state index in [0.29, 0.717) is 17.0 Å². The molecule has 2 atom stereocenters. The third kappa shape index (κ3) is 3.67. The van der Waals surface area contributed by atoms with Gasteiger partial charge >= 0.3 is 0 Å². The largest absolute Gasteiger partial charge is 0.309 e. The average Bonchev–Trinajstić information content (AvgIpc) is 2.02. The smallest absolute Gasteiger partial charge is 0.0310 e. The summed E-state index contributed by atoms with van der Waals surface area (Å²) in [7, 11) is 2.17. The Bertz CT molecular complexity index is 182. The van der Waals surface area contributed by atoms with Crippen LogP contribution in [0.25, 0.3) is 0 Å². The molecule has 0 spiro atoms. The summed E-state index contributed by atoms with van der Waals surface area (Å²) in [5.41, 5.74) is 0. The summed E-state index contributed by atoms with van der Waals surface area (Å²) >= 11 is 5.71. The van der Waals surface area contributed by atoms with Gasteiger partial charge in [-0.15, -0.1) is 0 Å². The lowest BCUT2D eigenvalue weighted by Crippen LogP contribution is -2.47. The molecular formula is C10H19ClN2. The molecule has 1 N–H and O–H groups in total. The van der Waals surface area contributed by atoms with Gasteiger partial charge in [-0.1, -0.05) is 25.1 Å². The molecule has 0 aromatic rings. The molecule has 0 aromatic carbocycles. The second-order valence-electron chi connectivity index (χ2n) is 4.03. The van der Waals surface area contributed by atoms with Crippen LogP contribution in [0.5, 0.6) is 0 Å². The first-order valence-electron chi connectivity index (χ1n) is 4.85. The molecular weight excluding hydrogens is 184 g/mol. The van der Waals surface area contributed by atoms with Gasteiger partial charge in [0.2, 0.25) is 0 Å². The molecule has 1 saturated heterocycles. The number of piperidine rings is 1. The van der Waals surface area contributed by atoms with E-state index in [2.05, 4.69) is 30.8 Å². The van der Waals surface area contributed by atoms with Crippen molar-refractivity contribution in [2.24, 2.45) is 5.92 Å². The van der Waals surface area contributed by atoms with E-state index in [0.717, 1.165) is 6.54 Å². The lowest BCUT2D eigenvalue weighted by Gasteiger charge is -2.35. The first-order valence-corrected chi connectivity index (χ1v) is 5.22. The van der Waals surface area contributed by atoms with Crippen LogP contribution in [0, 0.1) is 5.92 Å². The van der Waals surface area contributed by atoms with Gasteiger partial charge < -0.3 is 10.2 Å². The fourth-order valence-electron chi connectivity index (χ4n) is 1.90. The summed E-state index contributed by atoms with van der Waals surface area (Å²) < 4.78 is 0. The SMILES string of the molecule is C=C(Cl)CNC1CCN(C)CC1C. The quantitative estimate of drug-likeness (QED) is 0.749. The zero-order valence-electron chi connectivity index (χ0n) is 8.52. The van der Waals surface area contributed by atoms with E-state index in [9.17, 15) is 0 Å². The highest BCUT2D eigenvalue weighted by molar-refractivity contribution is 6.29. The summed E-state index contributed by atoms with van der Waals surface area (Å²) in [5.74, 6) is 0.703. The Hall–Kier alpha value is -0.0500. The van der Waals surface area contributed by atoms with Crippen LogP contribution in [0.4, 0.5) is 0 Å². The van der Waals surface area contributed by atoms with Gasteiger partial charge in [-0.3, -0.25) is 0 Å². The second kappa shape index (κ2) is 4.99. The van der Waals surface area contributed by atoms with Crippen molar-refractivity contribution in [3.63, 3.8) is 0 Å². The number of likely N-dealkylation sites (tertiary alicyclic amines) is 1. The number of rotatable bonds is 3. The normalized spacial score (nSPS) is 30.4. The molecule has 2 unspecified atom stereocenters. The fourth-order valence-corrected chi connectivity index (χ4v) is 1.98. The van der Waals surface area contributed by atoms with Crippen LogP contribution in [-0.4, -0.2) is 37.6 Å². The highest BCUT2D eigenvalue weighted by Gasteiger charge is 2.23. The molecule has 1 rings (SSSR count). The molecule has 13 heavy (non-hydrogen) atoms. The Morgan fingerprint density at radius 1 is 1.69 bits per heavy atom. The zero-order chi connectivity index (χ0) is 9.84. The van der Waals surface area contributed by atoms with Crippen molar-refractivity contribution in [2.45, 2.75) is 19.4 Å². The Kier molecular flexibility index (Phi) is 4.23. The van der Waals surface area contributed by atoms with Crippen molar-refractivity contribution < 1.29 is 0 Å². The van der Waals surface area contributed by atoms with E-state index in [1.807, 2.05) is 0 Å². The summed E-state index contributed by atoms with van der Waals surface area (Å²) in [6.07, 6.45) is 1.21. The molecule has 0 bridgehead atoms. The maximum absolute atomic E-state index is 5.71. The summed E-state index contributed by atoms with van der Waals surface area (Å²) in [6, 6.07) is 0.603. The van der Waals surface area contributed by atoms with Gasteiger partial charge in [-0.25, -0.2) is 0 Å². The number of hydrogen-bond donors (Lipinski definition) is 1. The highest BCUT2D eigenvalue weighted by atomic mass is 35.5. The third-order valence-electron chi connectivity index (χ3n) is 2.66. The predicted molar refractivity (Wildman–Crippen MR) is 58.1 cm³/mol. The Balaban J connectivity index is 2.29. The van der Waals surface area contributed by atoms with Crippen LogP contribution >= 0.6 is 11.6 Å². The van der Waals surface area contributed by atoms with Crippen molar-refractivity contribution in [2.75, 3.05) is 26.7 Å². The number of nitrogens with one attached hydrogen (secondary N) is 1. The molecule has 1 aliphatic rings. The third-order valence-corrected chi connectivity index (χ3v) is 2.80. The Morgan fingerprint density at radius 3 is 2.92 bits per heavy atom. The van der Waals surface area contributed by atoms with Gasteiger partial charge in [0.15, 0.2) is 0 Å². The van der Waals surface area contributed by atoms with E-state index >= 15 is 0 Å². The lowest BCUT2D eigenvalue weighted by molar-refractivity contribution is 0.178. The average molecular weight is 203 g/mol. The molecule has 1 fully saturated rings. The van der Waals surface area contributed by atoms with Crippen molar-refractivity contribution in [3.8, 4) is 0 Å². The molecule has 0 aromatic heterocycles. The minimum absolute atomic E-state index is 0.603. The van der Waals surface area contributed by atoms with Gasteiger partial charge in [0, 0.05) is 24.2 Å². The first kappa shape index (κ1) is 11.0. The van der Waals surface area contributed by atoms with Crippen LogP contribution < -0.4 is 5.32 Å². The van der Waals surface area contributed by atoms with Gasteiger partial charge in [-0.05, 0) is 25.9 Å². The second-order valence-corrected chi connectivity index (χ2v) is 4.57. The predicted octanol–water partition coefficient (Wildman–Crippen LogP) is 1.67. The van der Waals surface area contributed by atoms with Gasteiger partial charge in [0.1, 0.15) is 0 Å². The highest BCUT2D eigenvalue weighted by Crippen LogP contribution is 2.15. The molecule has 76 valence electrons. The Morgan fingerprint density at radius 2 is 2.38 bits per heavy atom.